The van der Waals surface area contributed by atoms with Crippen LogP contribution in [0.15, 0.2) is 65.8 Å². The molecule has 2 aliphatic heterocycles. The van der Waals surface area contributed by atoms with Crippen LogP contribution in [0.25, 0.3) is 5.76 Å². The van der Waals surface area contributed by atoms with E-state index in [4.69, 9.17) is 18.9 Å². The van der Waals surface area contributed by atoms with Gasteiger partial charge in [-0.15, -0.1) is 0 Å². The number of carbonyl (C=O) groups excluding carboxylic acids is 4. The van der Waals surface area contributed by atoms with E-state index >= 15 is 0 Å². The highest BCUT2D eigenvalue weighted by atomic mass is 16.6. The summed E-state index contributed by atoms with van der Waals surface area (Å²) < 4.78 is 24.7. The van der Waals surface area contributed by atoms with Gasteiger partial charge in [0.25, 0.3) is 0 Å². The number of allylic oxidation sites excluding steroid dienone is 1. The van der Waals surface area contributed by atoms with Gasteiger partial charge in [-0.25, -0.2) is 4.79 Å². The molecule has 2 aromatic carbocycles. The smallest absolute Gasteiger partial charge is 0.335 e. The molecule has 64 heavy (non-hydrogen) atoms. The molecule has 3 aliphatic carbocycles. The second-order valence-electron chi connectivity index (χ2n) is 19.7. The molecule has 348 valence electrons. The monoisotopic (exact) mass is 877 g/mol. The largest absolute Gasteiger partial charge is 0.449 e. The topological polar surface area (TPSA) is 105 Å². The Labute approximate surface area is 383 Å². The molecule has 0 aromatic heterocycles. The summed E-state index contributed by atoms with van der Waals surface area (Å²) >= 11 is 0. The molecule has 8 heteroatoms. The fraction of sp³-hybridized carbons (Fsp3) is 0.643. The Morgan fingerprint density at radius 3 is 1.58 bits per heavy atom. The Bertz CT molecular complexity index is 1940. The van der Waals surface area contributed by atoms with Gasteiger partial charge in [-0.3, -0.25) is 14.4 Å². The Morgan fingerprint density at radius 1 is 0.594 bits per heavy atom. The second-order valence-corrected chi connectivity index (χ2v) is 19.7. The Morgan fingerprint density at radius 2 is 1.06 bits per heavy atom. The van der Waals surface area contributed by atoms with Gasteiger partial charge >= 0.3 is 23.9 Å². The summed E-state index contributed by atoms with van der Waals surface area (Å²) in [5.41, 5.74) is 0.434. The molecular weight excluding hydrogens is 801 g/mol. The first-order valence-corrected chi connectivity index (χ1v) is 25.8. The van der Waals surface area contributed by atoms with Crippen molar-refractivity contribution in [3.63, 3.8) is 0 Å². The predicted molar refractivity (Wildman–Crippen MR) is 251 cm³/mol. The maximum Gasteiger partial charge on any atom is 0.335 e. The van der Waals surface area contributed by atoms with Crippen molar-refractivity contribution in [2.24, 2.45) is 16.7 Å². The minimum Gasteiger partial charge on any atom is -0.449 e. The van der Waals surface area contributed by atoms with Gasteiger partial charge in [0.2, 0.25) is 0 Å². The van der Waals surface area contributed by atoms with Crippen molar-refractivity contribution in [3.8, 4) is 11.5 Å². The molecule has 0 bridgehead atoms. The van der Waals surface area contributed by atoms with Crippen LogP contribution in [-0.2, 0) is 34.3 Å². The molecular formula is C56H76O8. The van der Waals surface area contributed by atoms with Crippen molar-refractivity contribution in [2.75, 3.05) is 0 Å². The third-order valence-electron chi connectivity index (χ3n) is 15.4. The van der Waals surface area contributed by atoms with Crippen molar-refractivity contribution < 1.29 is 38.1 Å². The fourth-order valence-electron chi connectivity index (χ4n) is 12.2. The van der Waals surface area contributed by atoms with Gasteiger partial charge < -0.3 is 18.9 Å². The summed E-state index contributed by atoms with van der Waals surface area (Å²) in [6, 6.07) is 14.8. The average molecular weight is 877 g/mol. The highest BCUT2D eigenvalue weighted by Gasteiger charge is 2.89. The highest BCUT2D eigenvalue weighted by molar-refractivity contribution is 6.02. The number of cyclic esters (lactones) is 1. The number of carbonyl (C=O) groups is 4. The molecule has 7 rings (SSSR count). The fourth-order valence-corrected chi connectivity index (χ4v) is 12.2. The maximum atomic E-state index is 14.9. The van der Waals surface area contributed by atoms with Crippen molar-refractivity contribution in [3.05, 3.63) is 76.9 Å². The summed E-state index contributed by atoms with van der Waals surface area (Å²) in [6.45, 7) is 4.47. The van der Waals surface area contributed by atoms with E-state index in [2.05, 4.69) is 13.8 Å². The van der Waals surface area contributed by atoms with Gasteiger partial charge in [-0.2, -0.15) is 0 Å². The minimum absolute atomic E-state index is 0.235. The van der Waals surface area contributed by atoms with Crippen LogP contribution in [0.2, 0.25) is 0 Å². The first kappa shape index (κ1) is 47.8. The van der Waals surface area contributed by atoms with E-state index in [0.717, 1.165) is 107 Å². The SMILES string of the molecule is CCCCCCCCCCCC(=O)Oc1ccc(C2=CC3(C(=O)O2)C2C(=C4CCCCC4)C(=O)OC2(c2ccc(OC(=O)CCCCCCCCCCC)cc2)C32CCCCC2)cc1. The van der Waals surface area contributed by atoms with Gasteiger partial charge in [0, 0.05) is 29.4 Å². The first-order valence-electron chi connectivity index (χ1n) is 25.8. The van der Waals surface area contributed by atoms with Gasteiger partial charge in [0.05, 0.1) is 5.92 Å². The van der Waals surface area contributed by atoms with Crippen LogP contribution in [0, 0.1) is 16.7 Å². The number of benzene rings is 2. The Balaban J connectivity index is 1.07. The zero-order valence-electron chi connectivity index (χ0n) is 39.3. The lowest BCUT2D eigenvalue weighted by Crippen LogP contribution is -2.75. The maximum absolute atomic E-state index is 14.9. The van der Waals surface area contributed by atoms with Gasteiger partial charge in [0.15, 0.2) is 5.60 Å². The molecule has 2 aromatic rings. The molecule has 8 nitrogen and oxygen atoms in total. The molecule has 2 heterocycles. The number of ether oxygens (including phenoxy) is 4. The lowest BCUT2D eigenvalue weighted by molar-refractivity contribution is -0.285. The minimum atomic E-state index is -1.10. The van der Waals surface area contributed by atoms with E-state index in [0.29, 0.717) is 48.5 Å². The summed E-state index contributed by atoms with van der Waals surface area (Å²) in [5.74, 6) is -0.254. The van der Waals surface area contributed by atoms with E-state index in [9.17, 15) is 19.2 Å². The molecule has 4 fully saturated rings. The summed E-state index contributed by atoms with van der Waals surface area (Å²) in [7, 11) is 0. The van der Waals surface area contributed by atoms with Crippen LogP contribution in [0.3, 0.4) is 0 Å². The summed E-state index contributed by atoms with van der Waals surface area (Å²) in [5, 5.41) is 0. The van der Waals surface area contributed by atoms with E-state index in [1.54, 1.807) is 12.1 Å². The molecule has 0 amide bonds. The van der Waals surface area contributed by atoms with Crippen LogP contribution in [-0.4, -0.2) is 23.9 Å². The molecule has 5 aliphatic rings. The Hall–Kier alpha value is -4.20. The molecule has 1 saturated heterocycles. The van der Waals surface area contributed by atoms with Crippen molar-refractivity contribution in [1.29, 1.82) is 0 Å². The molecule has 2 spiro atoms. The number of hydrogen-bond acceptors (Lipinski definition) is 8. The molecule has 0 N–H and O–H groups in total. The molecule has 3 atom stereocenters. The van der Waals surface area contributed by atoms with E-state index < -0.39 is 22.3 Å². The second kappa shape index (κ2) is 22.8. The highest BCUT2D eigenvalue weighted by Crippen LogP contribution is 2.83. The number of rotatable bonds is 24. The van der Waals surface area contributed by atoms with Crippen LogP contribution in [0.4, 0.5) is 0 Å². The van der Waals surface area contributed by atoms with Crippen LogP contribution < -0.4 is 9.47 Å². The number of hydrogen-bond donors (Lipinski definition) is 0. The Kier molecular flexibility index (Phi) is 17.0. The number of fused-ring (bicyclic) bond motifs is 4. The summed E-state index contributed by atoms with van der Waals surface area (Å²) in [4.78, 5) is 55.1. The third-order valence-corrected chi connectivity index (χ3v) is 15.4. The molecule has 3 unspecified atom stereocenters. The average Bonchev–Trinajstić information content (AvgIpc) is 3.83. The quantitative estimate of drug-likeness (QED) is 0.0444. The van der Waals surface area contributed by atoms with E-state index in [1.165, 1.54) is 77.0 Å². The predicted octanol–water partition coefficient (Wildman–Crippen LogP) is 14.5. The zero-order valence-corrected chi connectivity index (χ0v) is 39.3. The molecule has 0 radical (unpaired) electrons. The van der Waals surface area contributed by atoms with Crippen LogP contribution in [0.5, 0.6) is 11.5 Å². The summed E-state index contributed by atoms with van der Waals surface area (Å²) in [6.07, 6.45) is 33.2. The third kappa shape index (κ3) is 10.1. The lowest BCUT2D eigenvalue weighted by Gasteiger charge is -2.70. The van der Waals surface area contributed by atoms with Gasteiger partial charge in [-0.05, 0) is 99.4 Å². The van der Waals surface area contributed by atoms with Crippen molar-refractivity contribution >= 4 is 29.6 Å². The normalized spacial score (nSPS) is 23.4. The van der Waals surface area contributed by atoms with Crippen LogP contribution >= 0.6 is 0 Å². The van der Waals surface area contributed by atoms with Crippen LogP contribution in [0.1, 0.15) is 218 Å². The standard InChI is InChI=1S/C56H76O8/c1-3-5-7-9-11-13-15-17-23-29-48(57)61-45-35-31-42(32-36-45)47-41-55(53(60)63-47)51-50(43-27-21-19-22-28-43)52(59)64-56(51,54(55)39-25-20-26-40-54)44-33-37-46(38-34-44)62-49(58)30-24-18-16-14-12-10-8-6-4-2/h31-38,41,51H,3-30,39-40H2,1-2H3. The molecule has 3 saturated carbocycles. The van der Waals surface area contributed by atoms with E-state index in [-0.39, 0.29) is 23.9 Å². The first-order chi connectivity index (χ1) is 31.3. The zero-order chi connectivity index (χ0) is 44.8. The van der Waals surface area contributed by atoms with Gasteiger partial charge in [0.1, 0.15) is 22.7 Å². The number of unbranched alkanes of at least 4 members (excludes halogenated alkanes) is 16. The van der Waals surface area contributed by atoms with Gasteiger partial charge in [-0.1, -0.05) is 160 Å². The van der Waals surface area contributed by atoms with Crippen molar-refractivity contribution in [1.82, 2.24) is 0 Å². The van der Waals surface area contributed by atoms with Crippen molar-refractivity contribution in [2.45, 2.75) is 212 Å². The lowest BCUT2D eigenvalue weighted by atomic mass is 9.31. The van der Waals surface area contributed by atoms with E-state index in [1.807, 2.05) is 42.5 Å². The number of esters is 4.